The van der Waals surface area contributed by atoms with Crippen LogP contribution in [0.4, 0.5) is 0 Å². The number of thiocarbonyl (C=S) groups is 1. The first-order valence-corrected chi connectivity index (χ1v) is 8.93. The first-order chi connectivity index (χ1) is 9.83. The molecule has 1 saturated heterocycles. The van der Waals surface area contributed by atoms with Gasteiger partial charge in [-0.25, -0.2) is 13.1 Å². The van der Waals surface area contributed by atoms with Crippen molar-refractivity contribution in [1.29, 1.82) is 0 Å². The summed E-state index contributed by atoms with van der Waals surface area (Å²) in [4.78, 5) is 2.37. The van der Waals surface area contributed by atoms with E-state index in [9.17, 15) is 8.42 Å². The summed E-state index contributed by atoms with van der Waals surface area (Å²) in [5.74, 6) is -0.0615. The van der Waals surface area contributed by atoms with Gasteiger partial charge in [0.05, 0.1) is 16.3 Å². The minimum atomic E-state index is -3.49. The molecule has 0 amide bonds. The summed E-state index contributed by atoms with van der Waals surface area (Å²) in [5, 5.41) is 0. The van der Waals surface area contributed by atoms with Crippen LogP contribution in [0.25, 0.3) is 0 Å². The summed E-state index contributed by atoms with van der Waals surface area (Å²) in [6.45, 7) is 1.54. The summed E-state index contributed by atoms with van der Waals surface area (Å²) in [7, 11) is -1.49. The molecule has 7 heteroatoms. The van der Waals surface area contributed by atoms with Crippen LogP contribution >= 0.6 is 12.2 Å². The van der Waals surface area contributed by atoms with E-state index in [1.165, 1.54) is 0 Å². The van der Waals surface area contributed by atoms with Crippen LogP contribution < -0.4 is 10.5 Å². The van der Waals surface area contributed by atoms with E-state index < -0.39 is 15.6 Å². The molecule has 0 atom stereocenters. The molecule has 1 aliphatic heterocycles. The second kappa shape index (κ2) is 6.39. The Morgan fingerprint density at radius 2 is 1.90 bits per heavy atom. The number of sulfonamides is 1. The first kappa shape index (κ1) is 16.4. The molecule has 21 heavy (non-hydrogen) atoms. The summed E-state index contributed by atoms with van der Waals surface area (Å²) in [6, 6.07) is 9.09. The standard InChI is InChI=1S/C14H21N3O2S2/c1-17-9-7-14(8-10-17,13(15)20)16-21(18,19)11-12-5-3-2-4-6-12/h2-6,16H,7-11H2,1H3,(H2,15,20). The van der Waals surface area contributed by atoms with E-state index in [2.05, 4.69) is 9.62 Å². The molecule has 0 aromatic heterocycles. The van der Waals surface area contributed by atoms with Crippen LogP contribution in [-0.2, 0) is 15.8 Å². The number of likely N-dealkylation sites (tertiary alicyclic amines) is 1. The Bertz CT molecular complexity index is 594. The monoisotopic (exact) mass is 327 g/mol. The maximum Gasteiger partial charge on any atom is 0.216 e. The van der Waals surface area contributed by atoms with E-state index in [1.54, 1.807) is 12.1 Å². The van der Waals surface area contributed by atoms with Crippen molar-refractivity contribution in [3.63, 3.8) is 0 Å². The summed E-state index contributed by atoms with van der Waals surface area (Å²) in [5.41, 5.74) is 5.78. The highest BCUT2D eigenvalue weighted by Gasteiger charge is 2.39. The van der Waals surface area contributed by atoms with Crippen molar-refractivity contribution in [2.24, 2.45) is 5.73 Å². The largest absolute Gasteiger partial charge is 0.392 e. The molecule has 1 aromatic carbocycles. The molecule has 116 valence electrons. The Morgan fingerprint density at radius 3 is 2.43 bits per heavy atom. The average molecular weight is 327 g/mol. The van der Waals surface area contributed by atoms with Crippen molar-refractivity contribution in [2.75, 3.05) is 20.1 Å². The smallest absolute Gasteiger partial charge is 0.216 e. The molecular weight excluding hydrogens is 306 g/mol. The van der Waals surface area contributed by atoms with Crippen molar-refractivity contribution in [2.45, 2.75) is 24.1 Å². The molecule has 1 aliphatic rings. The highest BCUT2D eigenvalue weighted by Crippen LogP contribution is 2.24. The Morgan fingerprint density at radius 1 is 1.33 bits per heavy atom. The molecule has 5 nitrogen and oxygen atoms in total. The average Bonchev–Trinajstić information content (AvgIpc) is 2.41. The fraction of sp³-hybridized carbons (Fsp3) is 0.500. The molecule has 0 aliphatic carbocycles. The van der Waals surface area contributed by atoms with E-state index in [4.69, 9.17) is 18.0 Å². The molecular formula is C14H21N3O2S2. The minimum Gasteiger partial charge on any atom is -0.392 e. The molecule has 2 rings (SSSR count). The predicted octanol–water partition coefficient (Wildman–Crippen LogP) is 0.857. The molecule has 1 aromatic rings. The summed E-state index contributed by atoms with van der Waals surface area (Å²) >= 11 is 5.13. The second-order valence-electron chi connectivity index (χ2n) is 5.60. The lowest BCUT2D eigenvalue weighted by Gasteiger charge is -2.40. The maximum atomic E-state index is 12.4. The Hall–Kier alpha value is -1.02. The van der Waals surface area contributed by atoms with Gasteiger partial charge in [0.25, 0.3) is 0 Å². The van der Waals surface area contributed by atoms with Gasteiger partial charge in [-0.1, -0.05) is 42.5 Å². The van der Waals surface area contributed by atoms with Gasteiger partial charge in [-0.3, -0.25) is 0 Å². The van der Waals surface area contributed by atoms with Crippen LogP contribution in [0, 0.1) is 0 Å². The SMILES string of the molecule is CN1CCC(NS(=O)(=O)Cc2ccccc2)(C(N)=S)CC1. The third-order valence-electron chi connectivity index (χ3n) is 3.86. The van der Waals surface area contributed by atoms with Crippen LogP contribution in [0.5, 0.6) is 0 Å². The van der Waals surface area contributed by atoms with Crippen molar-refractivity contribution in [1.82, 2.24) is 9.62 Å². The zero-order valence-corrected chi connectivity index (χ0v) is 13.7. The number of rotatable bonds is 5. The molecule has 0 unspecified atom stereocenters. The van der Waals surface area contributed by atoms with E-state index >= 15 is 0 Å². The number of nitrogens with zero attached hydrogens (tertiary/aromatic N) is 1. The first-order valence-electron chi connectivity index (χ1n) is 6.87. The van der Waals surface area contributed by atoms with Crippen LogP contribution in [-0.4, -0.2) is 44.0 Å². The Labute approximate surface area is 131 Å². The number of piperidine rings is 1. The third-order valence-corrected chi connectivity index (χ3v) is 5.67. The zero-order chi connectivity index (χ0) is 15.5. The molecule has 0 bridgehead atoms. The van der Waals surface area contributed by atoms with Gasteiger partial charge < -0.3 is 10.6 Å². The number of hydrogen-bond acceptors (Lipinski definition) is 4. The highest BCUT2D eigenvalue weighted by atomic mass is 32.2. The van der Waals surface area contributed by atoms with Crippen molar-refractivity contribution < 1.29 is 8.42 Å². The van der Waals surface area contributed by atoms with Crippen LogP contribution in [0.15, 0.2) is 30.3 Å². The number of benzene rings is 1. The van der Waals surface area contributed by atoms with E-state index in [0.29, 0.717) is 12.8 Å². The molecule has 3 N–H and O–H groups in total. The second-order valence-corrected chi connectivity index (χ2v) is 7.76. The molecule has 0 radical (unpaired) electrons. The van der Waals surface area contributed by atoms with Gasteiger partial charge in [-0.2, -0.15) is 0 Å². The van der Waals surface area contributed by atoms with E-state index in [1.807, 2.05) is 25.2 Å². The quantitative estimate of drug-likeness (QED) is 0.785. The topological polar surface area (TPSA) is 75.4 Å². The molecule has 1 fully saturated rings. The summed E-state index contributed by atoms with van der Waals surface area (Å²) in [6.07, 6.45) is 1.21. The Kier molecular flexibility index (Phi) is 4.98. The lowest BCUT2D eigenvalue weighted by atomic mass is 9.89. The third kappa shape index (κ3) is 4.23. The number of nitrogens with two attached hydrogens (primary N) is 1. The van der Waals surface area contributed by atoms with Gasteiger partial charge in [0.1, 0.15) is 0 Å². The Balaban J connectivity index is 2.15. The van der Waals surface area contributed by atoms with E-state index in [0.717, 1.165) is 18.7 Å². The highest BCUT2D eigenvalue weighted by molar-refractivity contribution is 7.88. The van der Waals surface area contributed by atoms with Gasteiger partial charge in [0.2, 0.25) is 10.0 Å². The van der Waals surface area contributed by atoms with Crippen molar-refractivity contribution in [3.05, 3.63) is 35.9 Å². The van der Waals surface area contributed by atoms with Crippen LogP contribution in [0.1, 0.15) is 18.4 Å². The minimum absolute atomic E-state index is 0.0615. The predicted molar refractivity (Wildman–Crippen MR) is 88.4 cm³/mol. The van der Waals surface area contributed by atoms with Gasteiger partial charge in [-0.05, 0) is 25.5 Å². The van der Waals surface area contributed by atoms with Gasteiger partial charge in [0, 0.05) is 13.1 Å². The fourth-order valence-electron chi connectivity index (χ4n) is 2.53. The molecule has 0 spiro atoms. The zero-order valence-electron chi connectivity index (χ0n) is 12.1. The number of nitrogens with one attached hydrogen (secondary N) is 1. The van der Waals surface area contributed by atoms with Gasteiger partial charge in [0.15, 0.2) is 0 Å². The normalized spacial score (nSPS) is 19.3. The maximum absolute atomic E-state index is 12.4. The van der Waals surface area contributed by atoms with Crippen molar-refractivity contribution >= 4 is 27.2 Å². The number of hydrogen-bond donors (Lipinski definition) is 2. The lowest BCUT2D eigenvalue weighted by Crippen LogP contribution is -2.61. The van der Waals surface area contributed by atoms with Crippen LogP contribution in [0.2, 0.25) is 0 Å². The van der Waals surface area contributed by atoms with Crippen LogP contribution in [0.3, 0.4) is 0 Å². The van der Waals surface area contributed by atoms with E-state index in [-0.39, 0.29) is 10.7 Å². The lowest BCUT2D eigenvalue weighted by molar-refractivity contribution is 0.220. The fourth-order valence-corrected chi connectivity index (χ4v) is 4.46. The summed E-state index contributed by atoms with van der Waals surface area (Å²) < 4.78 is 27.6. The van der Waals surface area contributed by atoms with Gasteiger partial charge >= 0.3 is 0 Å². The van der Waals surface area contributed by atoms with Gasteiger partial charge in [-0.15, -0.1) is 0 Å². The van der Waals surface area contributed by atoms with Crippen molar-refractivity contribution in [3.8, 4) is 0 Å². The molecule has 1 heterocycles. The molecule has 0 saturated carbocycles.